The number of imide groups is 1. The van der Waals surface area contributed by atoms with Crippen LogP contribution in [0, 0.1) is 12.8 Å². The lowest BCUT2D eigenvalue weighted by Crippen LogP contribution is -2.48. The molecule has 3 N–H and O–H groups in total. The number of benzene rings is 1. The third-order valence-electron chi connectivity index (χ3n) is 4.39. The zero-order valence-electron chi connectivity index (χ0n) is 14.5. The number of aryl methyl sites for hydroxylation is 1. The molecule has 1 aliphatic rings. The average Bonchev–Trinajstić information content (AvgIpc) is 2.57. The smallest absolute Gasteiger partial charge is 0.342 e. The summed E-state index contributed by atoms with van der Waals surface area (Å²) in [6.45, 7) is 3.24. The van der Waals surface area contributed by atoms with Crippen LogP contribution >= 0.6 is 0 Å². The van der Waals surface area contributed by atoms with E-state index in [9.17, 15) is 19.5 Å². The van der Waals surface area contributed by atoms with Crippen molar-refractivity contribution in [2.24, 2.45) is 5.92 Å². The van der Waals surface area contributed by atoms with Gasteiger partial charge in [0.1, 0.15) is 11.3 Å². The van der Waals surface area contributed by atoms with Crippen molar-refractivity contribution in [2.45, 2.75) is 45.6 Å². The van der Waals surface area contributed by atoms with Crippen molar-refractivity contribution in [1.82, 2.24) is 10.6 Å². The van der Waals surface area contributed by atoms with Gasteiger partial charge >= 0.3 is 12.0 Å². The molecule has 7 nitrogen and oxygen atoms in total. The number of hydrogen-bond donors (Lipinski definition) is 3. The molecular weight excluding hydrogens is 324 g/mol. The number of phenols is 1. The molecule has 0 spiro atoms. The number of rotatable bonds is 4. The number of phenolic OH excluding ortho intramolecular Hbond substituents is 1. The molecule has 2 rings (SSSR count). The molecule has 7 heteroatoms. The lowest BCUT2D eigenvalue weighted by atomic mass is 9.86. The minimum Gasteiger partial charge on any atom is -0.507 e. The summed E-state index contributed by atoms with van der Waals surface area (Å²) in [5, 5.41) is 14.6. The van der Waals surface area contributed by atoms with Gasteiger partial charge in [-0.2, -0.15) is 0 Å². The van der Waals surface area contributed by atoms with Crippen LogP contribution in [0.4, 0.5) is 4.79 Å². The van der Waals surface area contributed by atoms with E-state index in [2.05, 4.69) is 17.6 Å². The van der Waals surface area contributed by atoms with Gasteiger partial charge in [-0.25, -0.2) is 9.59 Å². The van der Waals surface area contributed by atoms with Gasteiger partial charge in [0.15, 0.2) is 6.61 Å². The zero-order valence-corrected chi connectivity index (χ0v) is 14.5. The van der Waals surface area contributed by atoms with Crippen LogP contribution in [0.15, 0.2) is 18.2 Å². The minimum atomic E-state index is -0.822. The number of urea groups is 1. The van der Waals surface area contributed by atoms with Gasteiger partial charge < -0.3 is 15.2 Å². The summed E-state index contributed by atoms with van der Waals surface area (Å²) >= 11 is 0. The minimum absolute atomic E-state index is 0.0201. The van der Waals surface area contributed by atoms with Crippen molar-refractivity contribution in [1.29, 1.82) is 0 Å². The number of esters is 1. The molecule has 1 aliphatic carbocycles. The molecule has 1 fully saturated rings. The molecule has 1 aromatic carbocycles. The van der Waals surface area contributed by atoms with Gasteiger partial charge in [-0.3, -0.25) is 10.1 Å². The molecule has 1 saturated carbocycles. The van der Waals surface area contributed by atoms with Crippen LogP contribution in [0.2, 0.25) is 0 Å². The predicted molar refractivity (Wildman–Crippen MR) is 91.2 cm³/mol. The first-order chi connectivity index (χ1) is 11.9. The van der Waals surface area contributed by atoms with Crippen molar-refractivity contribution < 1.29 is 24.2 Å². The lowest BCUT2D eigenvalue weighted by Gasteiger charge is -2.29. The molecule has 0 heterocycles. The summed E-state index contributed by atoms with van der Waals surface area (Å²) in [6.07, 6.45) is 4.16. The Bertz CT molecular complexity index is 659. The quantitative estimate of drug-likeness (QED) is 0.724. The summed E-state index contributed by atoms with van der Waals surface area (Å²) in [5.41, 5.74) is 0.753. The van der Waals surface area contributed by atoms with Gasteiger partial charge in [0.25, 0.3) is 5.91 Å². The van der Waals surface area contributed by atoms with Crippen LogP contribution in [-0.2, 0) is 9.53 Å². The van der Waals surface area contributed by atoms with Crippen molar-refractivity contribution in [3.63, 3.8) is 0 Å². The van der Waals surface area contributed by atoms with Gasteiger partial charge in [0.05, 0.1) is 0 Å². The maximum Gasteiger partial charge on any atom is 0.342 e. The van der Waals surface area contributed by atoms with Crippen molar-refractivity contribution in [3.8, 4) is 5.75 Å². The second kappa shape index (κ2) is 8.50. The highest BCUT2D eigenvalue weighted by Gasteiger charge is 2.23. The Morgan fingerprint density at radius 1 is 1.24 bits per heavy atom. The van der Waals surface area contributed by atoms with E-state index in [0.29, 0.717) is 5.92 Å². The lowest BCUT2D eigenvalue weighted by molar-refractivity contribution is -0.123. The van der Waals surface area contributed by atoms with Crippen molar-refractivity contribution >= 4 is 17.9 Å². The van der Waals surface area contributed by atoms with Crippen LogP contribution < -0.4 is 10.6 Å². The summed E-state index contributed by atoms with van der Waals surface area (Å²) in [4.78, 5) is 35.5. The standard InChI is InChI=1S/C18H24N2O5/c1-11-7-8-15(21)13(9-11)17(23)25-10-16(22)20-18(24)19-14-6-4-3-5-12(14)2/h7-9,12,14,21H,3-6,10H2,1-2H3,(H2,19,20,22,24)/t12-,14-/m0/s1. The Balaban J connectivity index is 1.79. The van der Waals surface area contributed by atoms with Crippen LogP contribution in [0.3, 0.4) is 0 Å². The first kappa shape index (κ1) is 18.8. The fraction of sp³-hybridized carbons (Fsp3) is 0.500. The predicted octanol–water partition coefficient (Wildman–Crippen LogP) is 2.26. The molecule has 0 aromatic heterocycles. The molecule has 25 heavy (non-hydrogen) atoms. The Labute approximate surface area is 146 Å². The van der Waals surface area contributed by atoms with Crippen LogP contribution in [0.25, 0.3) is 0 Å². The van der Waals surface area contributed by atoms with Gasteiger partial charge in [0.2, 0.25) is 0 Å². The molecule has 0 aliphatic heterocycles. The van der Waals surface area contributed by atoms with Crippen molar-refractivity contribution in [3.05, 3.63) is 29.3 Å². The zero-order chi connectivity index (χ0) is 18.4. The fourth-order valence-corrected chi connectivity index (χ4v) is 2.92. The first-order valence-electron chi connectivity index (χ1n) is 8.44. The SMILES string of the molecule is Cc1ccc(O)c(C(=O)OCC(=O)NC(=O)N[C@H]2CCCC[C@@H]2C)c1. The average molecular weight is 348 g/mol. The normalized spacial score (nSPS) is 19.8. The Hall–Kier alpha value is -2.57. The van der Waals surface area contributed by atoms with E-state index < -0.39 is 24.5 Å². The highest BCUT2D eigenvalue weighted by Crippen LogP contribution is 2.23. The summed E-state index contributed by atoms with van der Waals surface area (Å²) < 4.78 is 4.85. The molecule has 136 valence electrons. The summed E-state index contributed by atoms with van der Waals surface area (Å²) in [7, 11) is 0. The Morgan fingerprint density at radius 3 is 2.68 bits per heavy atom. The number of amides is 3. The van der Waals surface area contributed by atoms with Crippen molar-refractivity contribution in [2.75, 3.05) is 6.61 Å². The van der Waals surface area contributed by atoms with Crippen LogP contribution in [-0.4, -0.2) is 35.7 Å². The van der Waals surface area contributed by atoms with Crippen LogP contribution in [0.1, 0.15) is 48.5 Å². The van der Waals surface area contributed by atoms with E-state index in [1.54, 1.807) is 13.0 Å². The highest BCUT2D eigenvalue weighted by molar-refractivity contribution is 5.97. The first-order valence-corrected chi connectivity index (χ1v) is 8.44. The van der Waals surface area contributed by atoms with E-state index in [0.717, 1.165) is 31.2 Å². The Kier molecular flexibility index (Phi) is 6.38. The summed E-state index contributed by atoms with van der Waals surface area (Å²) in [6, 6.07) is 3.96. The number of nitrogens with one attached hydrogen (secondary N) is 2. The molecule has 3 amide bonds. The maximum absolute atomic E-state index is 11.9. The topological polar surface area (TPSA) is 105 Å². The number of ether oxygens (including phenoxy) is 1. The second-order valence-electron chi connectivity index (χ2n) is 6.49. The largest absolute Gasteiger partial charge is 0.507 e. The maximum atomic E-state index is 11.9. The number of carbonyl (C=O) groups is 3. The molecule has 0 radical (unpaired) electrons. The van der Waals surface area contributed by atoms with E-state index in [1.165, 1.54) is 12.1 Å². The monoisotopic (exact) mass is 348 g/mol. The van der Waals surface area contributed by atoms with E-state index >= 15 is 0 Å². The van der Waals surface area contributed by atoms with Gasteiger partial charge in [0, 0.05) is 6.04 Å². The van der Waals surface area contributed by atoms with E-state index in [1.807, 2.05) is 0 Å². The third kappa shape index (κ3) is 5.48. The molecule has 0 bridgehead atoms. The van der Waals surface area contributed by atoms with Crippen LogP contribution in [0.5, 0.6) is 5.75 Å². The van der Waals surface area contributed by atoms with E-state index in [4.69, 9.17) is 4.74 Å². The van der Waals surface area contributed by atoms with Gasteiger partial charge in [-0.05, 0) is 37.8 Å². The highest BCUT2D eigenvalue weighted by atomic mass is 16.5. The third-order valence-corrected chi connectivity index (χ3v) is 4.39. The number of aromatic hydroxyl groups is 1. The fourth-order valence-electron chi connectivity index (χ4n) is 2.92. The van der Waals surface area contributed by atoms with Gasteiger partial charge in [-0.1, -0.05) is 31.4 Å². The van der Waals surface area contributed by atoms with Gasteiger partial charge in [-0.15, -0.1) is 0 Å². The second-order valence-corrected chi connectivity index (χ2v) is 6.49. The van der Waals surface area contributed by atoms with E-state index in [-0.39, 0.29) is 17.4 Å². The molecule has 2 atom stereocenters. The number of carbonyl (C=O) groups excluding carboxylic acids is 3. The molecular formula is C18H24N2O5. The summed E-state index contributed by atoms with van der Waals surface area (Å²) in [5.74, 6) is -1.39. The number of hydrogen-bond acceptors (Lipinski definition) is 5. The molecule has 0 unspecified atom stereocenters. The molecule has 1 aromatic rings. The Morgan fingerprint density at radius 2 is 1.96 bits per heavy atom. The molecule has 0 saturated heterocycles.